The molecular formula is C12H9FN2O2. The van der Waals surface area contributed by atoms with Crippen LogP contribution in [-0.2, 0) is 4.74 Å². The van der Waals surface area contributed by atoms with Gasteiger partial charge in [-0.1, -0.05) is 0 Å². The average Bonchev–Trinajstić information content (AvgIpc) is 2.65. The summed E-state index contributed by atoms with van der Waals surface area (Å²) in [5.41, 5.74) is 1.15. The van der Waals surface area contributed by atoms with Crippen molar-refractivity contribution in [2.24, 2.45) is 0 Å². The summed E-state index contributed by atoms with van der Waals surface area (Å²) >= 11 is 0. The number of aromatic nitrogens is 1. The number of rotatable bonds is 1. The van der Waals surface area contributed by atoms with Gasteiger partial charge in [-0.05, 0) is 19.1 Å². The number of aryl methyl sites for hydroxylation is 1. The summed E-state index contributed by atoms with van der Waals surface area (Å²) in [4.78, 5) is 14.3. The molecule has 0 radical (unpaired) electrons. The lowest BCUT2D eigenvalue weighted by molar-refractivity contribution is 0.0602. The number of benzene rings is 1. The van der Waals surface area contributed by atoms with Crippen LogP contribution in [0.4, 0.5) is 4.39 Å². The highest BCUT2D eigenvalue weighted by molar-refractivity contribution is 6.06. The number of nitrogens with one attached hydrogen (secondary N) is 1. The first-order valence-corrected chi connectivity index (χ1v) is 4.88. The molecule has 17 heavy (non-hydrogen) atoms. The Morgan fingerprint density at radius 3 is 2.82 bits per heavy atom. The molecule has 2 aromatic rings. The fourth-order valence-corrected chi connectivity index (χ4v) is 1.81. The van der Waals surface area contributed by atoms with Crippen LogP contribution < -0.4 is 0 Å². The van der Waals surface area contributed by atoms with Crippen LogP contribution in [0.5, 0.6) is 0 Å². The van der Waals surface area contributed by atoms with Gasteiger partial charge in [0.1, 0.15) is 5.82 Å². The van der Waals surface area contributed by atoms with Gasteiger partial charge in [0, 0.05) is 11.1 Å². The average molecular weight is 232 g/mol. The lowest BCUT2D eigenvalue weighted by Crippen LogP contribution is -2.02. The second-order valence-electron chi connectivity index (χ2n) is 3.61. The van der Waals surface area contributed by atoms with Crippen molar-refractivity contribution < 1.29 is 13.9 Å². The number of carbonyl (C=O) groups excluding carboxylic acids is 1. The standard InChI is InChI=1S/C12H9FN2O2/c1-6-10(12(16)17-2)8-3-7(5-14)4-9(13)11(8)15-6/h3-4,15H,1-2H3. The number of halogens is 1. The van der Waals surface area contributed by atoms with E-state index in [0.717, 1.165) is 6.07 Å². The molecule has 0 saturated heterocycles. The molecule has 0 aliphatic heterocycles. The number of methoxy groups -OCH3 is 1. The fraction of sp³-hybridized carbons (Fsp3) is 0.167. The van der Waals surface area contributed by atoms with E-state index in [2.05, 4.69) is 9.72 Å². The van der Waals surface area contributed by atoms with Crippen molar-refractivity contribution >= 4 is 16.9 Å². The Hall–Kier alpha value is -2.35. The summed E-state index contributed by atoms with van der Waals surface area (Å²) < 4.78 is 18.3. The number of carbonyl (C=O) groups is 1. The Morgan fingerprint density at radius 2 is 2.24 bits per heavy atom. The Kier molecular flexibility index (Phi) is 2.56. The minimum atomic E-state index is -0.558. The molecule has 0 bridgehead atoms. The molecule has 1 heterocycles. The smallest absolute Gasteiger partial charge is 0.340 e. The molecule has 1 N–H and O–H groups in total. The van der Waals surface area contributed by atoms with Crippen molar-refractivity contribution in [1.29, 1.82) is 5.26 Å². The molecule has 0 atom stereocenters. The topological polar surface area (TPSA) is 65.9 Å². The first kappa shape index (κ1) is 11.1. The van der Waals surface area contributed by atoms with E-state index in [1.807, 2.05) is 6.07 Å². The Morgan fingerprint density at radius 1 is 1.53 bits per heavy atom. The van der Waals surface area contributed by atoms with Gasteiger partial charge in [0.25, 0.3) is 0 Å². The molecule has 4 nitrogen and oxygen atoms in total. The molecule has 1 aromatic carbocycles. The highest BCUT2D eigenvalue weighted by atomic mass is 19.1. The van der Waals surface area contributed by atoms with Gasteiger partial charge in [-0.3, -0.25) is 0 Å². The van der Waals surface area contributed by atoms with Gasteiger partial charge < -0.3 is 9.72 Å². The van der Waals surface area contributed by atoms with Crippen molar-refractivity contribution in [3.63, 3.8) is 0 Å². The van der Waals surface area contributed by atoms with Gasteiger partial charge >= 0.3 is 5.97 Å². The Balaban J connectivity index is 2.85. The largest absolute Gasteiger partial charge is 0.465 e. The third-order valence-corrected chi connectivity index (χ3v) is 2.57. The van der Waals surface area contributed by atoms with Crippen molar-refractivity contribution in [3.05, 3.63) is 34.8 Å². The molecule has 0 aliphatic rings. The second-order valence-corrected chi connectivity index (χ2v) is 3.61. The summed E-state index contributed by atoms with van der Waals surface area (Å²) in [6.07, 6.45) is 0. The monoisotopic (exact) mass is 232 g/mol. The molecule has 1 aromatic heterocycles. The number of esters is 1. The summed E-state index contributed by atoms with van der Waals surface area (Å²) in [5.74, 6) is -1.11. The first-order chi connectivity index (χ1) is 8.08. The van der Waals surface area contributed by atoms with Gasteiger partial charge in [0.2, 0.25) is 0 Å². The minimum Gasteiger partial charge on any atom is -0.465 e. The van der Waals surface area contributed by atoms with E-state index in [1.165, 1.54) is 13.2 Å². The summed E-state index contributed by atoms with van der Waals surface area (Å²) in [6.45, 7) is 1.65. The highest BCUT2D eigenvalue weighted by Crippen LogP contribution is 2.26. The van der Waals surface area contributed by atoms with Crippen LogP contribution in [0.25, 0.3) is 10.9 Å². The summed E-state index contributed by atoms with van der Waals surface area (Å²) in [7, 11) is 1.26. The number of H-pyrrole nitrogens is 1. The molecule has 0 amide bonds. The van der Waals surface area contributed by atoms with Gasteiger partial charge in [0.05, 0.1) is 29.8 Å². The second kappa shape index (κ2) is 3.91. The number of nitriles is 1. The van der Waals surface area contributed by atoms with Gasteiger partial charge in [-0.15, -0.1) is 0 Å². The molecule has 0 unspecified atom stereocenters. The number of ether oxygens (including phenoxy) is 1. The predicted octanol–water partition coefficient (Wildman–Crippen LogP) is 2.27. The zero-order valence-corrected chi connectivity index (χ0v) is 9.30. The van der Waals surface area contributed by atoms with Crippen LogP contribution in [0.2, 0.25) is 0 Å². The van der Waals surface area contributed by atoms with Crippen LogP contribution in [0, 0.1) is 24.1 Å². The summed E-state index contributed by atoms with van der Waals surface area (Å²) in [5, 5.41) is 9.14. The number of hydrogen-bond acceptors (Lipinski definition) is 3. The normalized spacial score (nSPS) is 10.2. The number of fused-ring (bicyclic) bond motifs is 1. The van der Waals surface area contributed by atoms with Gasteiger partial charge in [-0.25, -0.2) is 9.18 Å². The highest BCUT2D eigenvalue weighted by Gasteiger charge is 2.19. The van der Waals surface area contributed by atoms with E-state index in [0.29, 0.717) is 11.1 Å². The molecular weight excluding hydrogens is 223 g/mol. The third kappa shape index (κ3) is 1.64. The molecule has 0 saturated carbocycles. The van der Waals surface area contributed by atoms with Crippen LogP contribution in [-0.4, -0.2) is 18.1 Å². The molecule has 0 aliphatic carbocycles. The number of hydrogen-bond donors (Lipinski definition) is 1. The maximum atomic E-state index is 13.7. The van der Waals surface area contributed by atoms with E-state index in [4.69, 9.17) is 5.26 Å². The lowest BCUT2D eigenvalue weighted by atomic mass is 10.1. The number of nitrogens with zero attached hydrogens (tertiary/aromatic N) is 1. The Labute approximate surface area is 96.6 Å². The van der Waals surface area contributed by atoms with Gasteiger partial charge in [0.15, 0.2) is 0 Å². The van der Waals surface area contributed by atoms with Crippen molar-refractivity contribution in [2.75, 3.05) is 7.11 Å². The maximum absolute atomic E-state index is 13.7. The minimum absolute atomic E-state index is 0.166. The van der Waals surface area contributed by atoms with E-state index in [1.54, 1.807) is 6.92 Å². The Bertz CT molecular complexity index is 653. The van der Waals surface area contributed by atoms with Crippen LogP contribution >= 0.6 is 0 Å². The van der Waals surface area contributed by atoms with Crippen molar-refractivity contribution in [1.82, 2.24) is 4.98 Å². The summed E-state index contributed by atoms with van der Waals surface area (Å²) in [6, 6.07) is 4.44. The van der Waals surface area contributed by atoms with E-state index in [-0.39, 0.29) is 16.6 Å². The van der Waals surface area contributed by atoms with Crippen molar-refractivity contribution in [2.45, 2.75) is 6.92 Å². The number of aromatic amines is 1. The molecule has 0 spiro atoms. The van der Waals surface area contributed by atoms with Crippen LogP contribution in [0.15, 0.2) is 12.1 Å². The van der Waals surface area contributed by atoms with Crippen molar-refractivity contribution in [3.8, 4) is 6.07 Å². The quantitative estimate of drug-likeness (QED) is 0.767. The fourth-order valence-electron chi connectivity index (χ4n) is 1.81. The van der Waals surface area contributed by atoms with E-state index < -0.39 is 11.8 Å². The molecule has 5 heteroatoms. The van der Waals surface area contributed by atoms with Crippen LogP contribution in [0.3, 0.4) is 0 Å². The zero-order valence-electron chi connectivity index (χ0n) is 9.30. The molecule has 86 valence electrons. The van der Waals surface area contributed by atoms with Crippen LogP contribution in [0.1, 0.15) is 21.6 Å². The van der Waals surface area contributed by atoms with Gasteiger partial charge in [-0.2, -0.15) is 5.26 Å². The molecule has 0 fully saturated rings. The lowest BCUT2D eigenvalue weighted by Gasteiger charge is -1.99. The maximum Gasteiger partial charge on any atom is 0.340 e. The third-order valence-electron chi connectivity index (χ3n) is 2.57. The predicted molar refractivity (Wildman–Crippen MR) is 59.0 cm³/mol. The SMILES string of the molecule is COC(=O)c1c(C)[nH]c2c(F)cc(C#N)cc12. The molecule has 2 rings (SSSR count). The van der Waals surface area contributed by atoms with E-state index in [9.17, 15) is 9.18 Å². The van der Waals surface area contributed by atoms with E-state index >= 15 is 0 Å². The first-order valence-electron chi connectivity index (χ1n) is 4.88. The zero-order chi connectivity index (χ0) is 12.6.